The number of ether oxygens (including phenoxy) is 2. The summed E-state index contributed by atoms with van der Waals surface area (Å²) >= 11 is 13.7. The Balaban J connectivity index is 1.99. The van der Waals surface area contributed by atoms with Crippen molar-refractivity contribution in [2.45, 2.75) is 26.3 Å². The first-order valence-corrected chi connectivity index (χ1v) is 12.2. The molecule has 0 fully saturated rings. The first-order chi connectivity index (χ1) is 16.4. The van der Waals surface area contributed by atoms with E-state index in [2.05, 4.69) is 4.99 Å². The van der Waals surface area contributed by atoms with Crippen LogP contribution in [0, 0.1) is 0 Å². The van der Waals surface area contributed by atoms with Crippen molar-refractivity contribution in [2.75, 3.05) is 13.7 Å². The van der Waals surface area contributed by atoms with Crippen LogP contribution in [-0.2, 0) is 9.53 Å². The predicted molar refractivity (Wildman–Crippen MR) is 134 cm³/mol. The maximum atomic E-state index is 13.7. The van der Waals surface area contributed by atoms with Gasteiger partial charge in [-0.15, -0.1) is 0 Å². The predicted octanol–water partition coefficient (Wildman–Crippen LogP) is 4.50. The quantitative estimate of drug-likeness (QED) is 0.452. The molecule has 4 rings (SSSR count). The maximum absolute atomic E-state index is 13.7. The molecule has 9 heteroatoms. The molecule has 3 aromatic rings. The van der Waals surface area contributed by atoms with Gasteiger partial charge in [0.1, 0.15) is 11.8 Å². The molecule has 2 aromatic carbocycles. The fraction of sp³-hybridized carbons (Fsp3) is 0.240. The van der Waals surface area contributed by atoms with E-state index in [0.29, 0.717) is 48.6 Å². The first-order valence-electron chi connectivity index (χ1n) is 10.6. The van der Waals surface area contributed by atoms with Crippen molar-refractivity contribution < 1.29 is 14.3 Å². The summed E-state index contributed by atoms with van der Waals surface area (Å²) in [5.74, 6) is 0.0432. The van der Waals surface area contributed by atoms with E-state index in [4.69, 9.17) is 32.7 Å². The molecule has 1 aromatic heterocycles. The molecule has 0 spiro atoms. The van der Waals surface area contributed by atoms with Gasteiger partial charge in [0.25, 0.3) is 5.56 Å². The van der Waals surface area contributed by atoms with Crippen molar-refractivity contribution in [1.29, 1.82) is 0 Å². The molecule has 176 valence electrons. The molecule has 0 radical (unpaired) electrons. The van der Waals surface area contributed by atoms with E-state index < -0.39 is 12.0 Å². The van der Waals surface area contributed by atoms with Crippen molar-refractivity contribution in [3.8, 4) is 5.75 Å². The third-order valence-corrected chi connectivity index (χ3v) is 7.19. The highest BCUT2D eigenvalue weighted by atomic mass is 35.5. The molecule has 0 bridgehead atoms. The summed E-state index contributed by atoms with van der Waals surface area (Å²) in [6.45, 7) is 4.25. The number of benzene rings is 2. The van der Waals surface area contributed by atoms with E-state index in [1.54, 1.807) is 31.2 Å². The number of aromatic nitrogens is 1. The van der Waals surface area contributed by atoms with Gasteiger partial charge < -0.3 is 9.47 Å². The molecule has 0 N–H and O–H groups in total. The van der Waals surface area contributed by atoms with E-state index in [1.807, 2.05) is 31.2 Å². The molecular formula is C25H22Cl2N2O4S. The fourth-order valence-corrected chi connectivity index (χ4v) is 5.21. The van der Waals surface area contributed by atoms with Gasteiger partial charge in [-0.3, -0.25) is 9.36 Å². The lowest BCUT2D eigenvalue weighted by atomic mass is 9.95. The van der Waals surface area contributed by atoms with Crippen molar-refractivity contribution in [3.63, 3.8) is 0 Å². The second kappa shape index (κ2) is 10.2. The van der Waals surface area contributed by atoms with Crippen LogP contribution in [0.2, 0.25) is 10.0 Å². The van der Waals surface area contributed by atoms with Crippen LogP contribution in [0.3, 0.4) is 0 Å². The van der Waals surface area contributed by atoms with Gasteiger partial charge in [-0.2, -0.15) is 0 Å². The molecule has 2 heterocycles. The number of carbonyl (C=O) groups is 1. The van der Waals surface area contributed by atoms with Gasteiger partial charge in [-0.05, 0) is 37.1 Å². The Labute approximate surface area is 210 Å². The van der Waals surface area contributed by atoms with Gasteiger partial charge in [-0.25, -0.2) is 9.79 Å². The summed E-state index contributed by atoms with van der Waals surface area (Å²) in [5.41, 5.74) is 1.76. The number of allylic oxidation sites excluding steroid dienone is 1. The maximum Gasteiger partial charge on any atom is 0.338 e. The minimum atomic E-state index is -0.756. The highest BCUT2D eigenvalue weighted by Crippen LogP contribution is 2.35. The number of carbonyl (C=O) groups excluding carboxylic acids is 1. The Morgan fingerprint density at radius 2 is 1.97 bits per heavy atom. The van der Waals surface area contributed by atoms with E-state index in [0.717, 1.165) is 6.42 Å². The minimum absolute atomic E-state index is 0.287. The number of methoxy groups -OCH3 is 1. The lowest BCUT2D eigenvalue weighted by Crippen LogP contribution is -2.40. The average Bonchev–Trinajstić information content (AvgIpc) is 3.14. The number of esters is 1. The lowest BCUT2D eigenvalue weighted by Gasteiger charge is -2.26. The van der Waals surface area contributed by atoms with E-state index in [1.165, 1.54) is 23.0 Å². The largest absolute Gasteiger partial charge is 0.493 e. The van der Waals surface area contributed by atoms with Crippen LogP contribution in [0.25, 0.3) is 6.08 Å². The number of fused-ring (bicyclic) bond motifs is 1. The smallest absolute Gasteiger partial charge is 0.338 e. The molecule has 0 amide bonds. The van der Waals surface area contributed by atoms with E-state index in [9.17, 15) is 9.59 Å². The monoisotopic (exact) mass is 516 g/mol. The zero-order valence-corrected chi connectivity index (χ0v) is 21.1. The van der Waals surface area contributed by atoms with Crippen LogP contribution in [-0.4, -0.2) is 24.3 Å². The van der Waals surface area contributed by atoms with Crippen LogP contribution in [0.1, 0.15) is 37.4 Å². The number of thiazole rings is 1. The summed E-state index contributed by atoms with van der Waals surface area (Å²) in [4.78, 5) is 31.6. The zero-order valence-electron chi connectivity index (χ0n) is 18.8. The van der Waals surface area contributed by atoms with Gasteiger partial charge in [0.05, 0.1) is 39.6 Å². The molecule has 34 heavy (non-hydrogen) atoms. The summed E-state index contributed by atoms with van der Waals surface area (Å²) in [5, 5.41) is 0.753. The summed E-state index contributed by atoms with van der Waals surface area (Å²) in [6.07, 6.45) is 2.50. The van der Waals surface area contributed by atoms with E-state index >= 15 is 0 Å². The van der Waals surface area contributed by atoms with Gasteiger partial charge in [-0.1, -0.05) is 71.8 Å². The van der Waals surface area contributed by atoms with Gasteiger partial charge in [0, 0.05) is 5.56 Å². The molecule has 1 aliphatic heterocycles. The minimum Gasteiger partial charge on any atom is -0.493 e. The summed E-state index contributed by atoms with van der Waals surface area (Å²) < 4.78 is 13.0. The fourth-order valence-electron chi connectivity index (χ4n) is 3.81. The second-order valence-corrected chi connectivity index (χ2v) is 9.40. The second-order valence-electron chi connectivity index (χ2n) is 7.60. The Morgan fingerprint density at radius 1 is 1.21 bits per heavy atom. The Kier molecular flexibility index (Phi) is 7.26. The molecule has 1 atom stereocenters. The summed E-state index contributed by atoms with van der Waals surface area (Å²) in [6, 6.07) is 11.9. The van der Waals surface area contributed by atoms with Crippen LogP contribution in [0.4, 0.5) is 0 Å². The van der Waals surface area contributed by atoms with Crippen molar-refractivity contribution in [1.82, 2.24) is 4.57 Å². The van der Waals surface area contributed by atoms with Crippen molar-refractivity contribution >= 4 is 46.6 Å². The molecule has 6 nitrogen and oxygen atoms in total. The highest BCUT2D eigenvalue weighted by molar-refractivity contribution is 7.07. The normalized spacial score (nSPS) is 15.7. The molecule has 1 aliphatic rings. The lowest BCUT2D eigenvalue weighted by molar-refractivity contribution is -0.136. The number of halogens is 2. The molecule has 0 saturated carbocycles. The topological polar surface area (TPSA) is 69.9 Å². The molecular weight excluding hydrogens is 495 g/mol. The number of hydrogen-bond donors (Lipinski definition) is 0. The average molecular weight is 517 g/mol. The number of nitrogens with zero attached hydrogens (tertiary/aromatic N) is 2. The van der Waals surface area contributed by atoms with Crippen LogP contribution in [0.5, 0.6) is 5.75 Å². The molecule has 0 aliphatic carbocycles. The Hall–Kier alpha value is -2.87. The summed E-state index contributed by atoms with van der Waals surface area (Å²) in [7, 11) is 1.31. The standard InChI is InChI=1S/C25H22Cl2N2O4S/c1-4-12-33-18-11-6-5-9-16(18)22-20(24(31)32-3)14(2)28-25-29(22)23(30)19(34-25)13-15-8-7-10-17(26)21(15)27/h5-11,13,22H,4,12H2,1-3H3/t22-/m1/s1. The van der Waals surface area contributed by atoms with Gasteiger partial charge >= 0.3 is 5.97 Å². The SMILES string of the molecule is CCCOc1ccccc1[C@@H]1C(C(=O)OC)=C(C)N=c2sc(=Cc3cccc(Cl)c3Cl)c(=O)n21. The van der Waals surface area contributed by atoms with Crippen molar-refractivity contribution in [3.05, 3.63) is 94.6 Å². The van der Waals surface area contributed by atoms with Crippen LogP contribution in [0.15, 0.2) is 63.5 Å². The highest BCUT2D eigenvalue weighted by Gasteiger charge is 2.34. The molecule has 0 saturated heterocycles. The van der Waals surface area contributed by atoms with Gasteiger partial charge in [0.15, 0.2) is 4.80 Å². The van der Waals surface area contributed by atoms with Crippen LogP contribution >= 0.6 is 34.5 Å². The Morgan fingerprint density at radius 3 is 2.71 bits per heavy atom. The first kappa shape index (κ1) is 24.3. The number of hydrogen-bond acceptors (Lipinski definition) is 6. The molecule has 0 unspecified atom stereocenters. The van der Waals surface area contributed by atoms with Crippen molar-refractivity contribution in [2.24, 2.45) is 4.99 Å². The van der Waals surface area contributed by atoms with Crippen LogP contribution < -0.4 is 19.6 Å². The van der Waals surface area contributed by atoms with Gasteiger partial charge in [0.2, 0.25) is 0 Å². The third kappa shape index (κ3) is 4.43. The number of para-hydroxylation sites is 1. The third-order valence-electron chi connectivity index (χ3n) is 5.37. The van der Waals surface area contributed by atoms with E-state index in [-0.39, 0.29) is 11.1 Å². The number of rotatable bonds is 6. The zero-order chi connectivity index (χ0) is 24.4. The Bertz CT molecular complexity index is 1470.